The standard InChI is InChI=1S/C24H23N3O4/c1-17-4-3-5-19(14-17)16-31-22-10-6-18(7-11-22)15-25-27-24(29)23(28)26-20-8-12-21(30-2)13-9-20/h3-15H,16H2,1-2H3,(H,26,28)(H,27,29)/b25-15+. The summed E-state index contributed by atoms with van der Waals surface area (Å²) < 4.78 is 10.8. The van der Waals surface area contributed by atoms with Crippen molar-refractivity contribution in [2.24, 2.45) is 5.10 Å². The molecule has 0 atom stereocenters. The maximum absolute atomic E-state index is 11.9. The number of nitrogens with one attached hydrogen (secondary N) is 2. The van der Waals surface area contributed by atoms with Crippen LogP contribution in [0.3, 0.4) is 0 Å². The molecule has 2 N–H and O–H groups in total. The Morgan fingerprint density at radius 3 is 2.32 bits per heavy atom. The molecule has 0 aliphatic rings. The van der Waals surface area contributed by atoms with Gasteiger partial charge in [0.2, 0.25) is 0 Å². The number of hydrazone groups is 1. The van der Waals surface area contributed by atoms with Gasteiger partial charge in [0.25, 0.3) is 0 Å². The largest absolute Gasteiger partial charge is 0.497 e. The monoisotopic (exact) mass is 417 g/mol. The second-order valence-electron chi connectivity index (χ2n) is 6.73. The molecule has 0 saturated carbocycles. The lowest BCUT2D eigenvalue weighted by Crippen LogP contribution is -2.32. The molecule has 2 amide bonds. The van der Waals surface area contributed by atoms with E-state index in [0.29, 0.717) is 18.0 Å². The van der Waals surface area contributed by atoms with Crippen LogP contribution in [0.4, 0.5) is 5.69 Å². The van der Waals surface area contributed by atoms with Gasteiger partial charge in [0.1, 0.15) is 18.1 Å². The summed E-state index contributed by atoms with van der Waals surface area (Å²) in [6.45, 7) is 2.52. The summed E-state index contributed by atoms with van der Waals surface area (Å²) in [4.78, 5) is 23.8. The number of amides is 2. The van der Waals surface area contributed by atoms with Crippen molar-refractivity contribution in [3.05, 3.63) is 89.5 Å². The van der Waals surface area contributed by atoms with Gasteiger partial charge in [0, 0.05) is 5.69 Å². The number of anilines is 1. The lowest BCUT2D eigenvalue weighted by atomic mass is 10.1. The van der Waals surface area contributed by atoms with Crippen LogP contribution in [0.1, 0.15) is 16.7 Å². The second kappa shape index (κ2) is 10.6. The molecule has 0 spiro atoms. The van der Waals surface area contributed by atoms with E-state index in [1.165, 1.54) is 11.8 Å². The molecule has 0 heterocycles. The Morgan fingerprint density at radius 1 is 0.935 bits per heavy atom. The van der Waals surface area contributed by atoms with E-state index in [9.17, 15) is 9.59 Å². The van der Waals surface area contributed by atoms with E-state index in [0.717, 1.165) is 16.9 Å². The Labute approximate surface area is 180 Å². The van der Waals surface area contributed by atoms with Crippen molar-refractivity contribution in [3.63, 3.8) is 0 Å². The average Bonchev–Trinajstić information content (AvgIpc) is 2.79. The van der Waals surface area contributed by atoms with Gasteiger partial charge in [-0.25, -0.2) is 5.43 Å². The molecular formula is C24H23N3O4. The van der Waals surface area contributed by atoms with Crippen LogP contribution < -0.4 is 20.2 Å². The zero-order valence-corrected chi connectivity index (χ0v) is 17.3. The molecule has 0 aliphatic heterocycles. The minimum absolute atomic E-state index is 0.478. The van der Waals surface area contributed by atoms with Crippen molar-refractivity contribution < 1.29 is 19.1 Å². The smallest absolute Gasteiger partial charge is 0.329 e. The molecule has 3 rings (SSSR count). The summed E-state index contributed by atoms with van der Waals surface area (Å²) >= 11 is 0. The molecule has 0 unspecified atom stereocenters. The first-order valence-electron chi connectivity index (χ1n) is 9.60. The molecule has 0 radical (unpaired) electrons. The van der Waals surface area contributed by atoms with Crippen LogP contribution >= 0.6 is 0 Å². The van der Waals surface area contributed by atoms with Crippen molar-refractivity contribution in [1.29, 1.82) is 0 Å². The van der Waals surface area contributed by atoms with Crippen LogP contribution in [0.25, 0.3) is 0 Å². The maximum atomic E-state index is 11.9. The summed E-state index contributed by atoms with van der Waals surface area (Å²) in [5, 5.41) is 6.30. The lowest BCUT2D eigenvalue weighted by Gasteiger charge is -2.07. The van der Waals surface area contributed by atoms with Crippen LogP contribution in [-0.4, -0.2) is 25.1 Å². The molecule has 7 heteroatoms. The third kappa shape index (κ3) is 6.71. The number of hydrogen-bond donors (Lipinski definition) is 2. The van der Waals surface area contributed by atoms with E-state index in [4.69, 9.17) is 9.47 Å². The van der Waals surface area contributed by atoms with Crippen LogP contribution in [-0.2, 0) is 16.2 Å². The molecule has 0 bridgehead atoms. The molecular weight excluding hydrogens is 394 g/mol. The minimum Gasteiger partial charge on any atom is -0.497 e. The molecule has 7 nitrogen and oxygen atoms in total. The zero-order valence-electron chi connectivity index (χ0n) is 17.3. The Kier molecular flexibility index (Phi) is 7.37. The van der Waals surface area contributed by atoms with Crippen molar-refractivity contribution >= 4 is 23.7 Å². The Hall–Kier alpha value is -4.13. The molecule has 0 aliphatic carbocycles. The first kappa shape index (κ1) is 21.6. The topological polar surface area (TPSA) is 89.0 Å². The highest BCUT2D eigenvalue weighted by Gasteiger charge is 2.12. The quantitative estimate of drug-likeness (QED) is 0.349. The SMILES string of the molecule is COc1ccc(NC(=O)C(=O)N/N=C/c2ccc(OCc3cccc(C)c3)cc2)cc1. The van der Waals surface area contributed by atoms with Crippen LogP contribution in [0.5, 0.6) is 11.5 Å². The summed E-state index contributed by atoms with van der Waals surface area (Å²) in [6, 6.07) is 22.0. The fourth-order valence-corrected chi connectivity index (χ4v) is 2.70. The molecule has 3 aromatic carbocycles. The maximum Gasteiger partial charge on any atom is 0.329 e. The highest BCUT2D eigenvalue weighted by Crippen LogP contribution is 2.15. The van der Waals surface area contributed by atoms with E-state index >= 15 is 0 Å². The predicted octanol–water partition coefficient (Wildman–Crippen LogP) is 3.67. The summed E-state index contributed by atoms with van der Waals surface area (Å²) in [5.74, 6) is -0.312. The lowest BCUT2D eigenvalue weighted by molar-refractivity contribution is -0.136. The number of rotatable bonds is 7. The Morgan fingerprint density at radius 2 is 1.65 bits per heavy atom. The van der Waals surface area contributed by atoms with Gasteiger partial charge < -0.3 is 14.8 Å². The predicted molar refractivity (Wildman–Crippen MR) is 119 cm³/mol. The van der Waals surface area contributed by atoms with E-state index < -0.39 is 11.8 Å². The molecule has 0 fully saturated rings. The zero-order chi connectivity index (χ0) is 22.1. The van der Waals surface area contributed by atoms with Crippen molar-refractivity contribution in [1.82, 2.24) is 5.43 Å². The number of aryl methyl sites for hydroxylation is 1. The van der Waals surface area contributed by atoms with Gasteiger partial charge in [-0.05, 0) is 66.6 Å². The fourth-order valence-electron chi connectivity index (χ4n) is 2.70. The van der Waals surface area contributed by atoms with Crippen molar-refractivity contribution in [3.8, 4) is 11.5 Å². The minimum atomic E-state index is -0.870. The molecule has 158 valence electrons. The number of hydrogen-bond acceptors (Lipinski definition) is 5. The van der Waals surface area contributed by atoms with E-state index in [1.807, 2.05) is 37.3 Å². The number of nitrogens with zero attached hydrogens (tertiary/aromatic N) is 1. The number of benzene rings is 3. The van der Waals surface area contributed by atoms with Crippen molar-refractivity contribution in [2.75, 3.05) is 12.4 Å². The molecule has 31 heavy (non-hydrogen) atoms. The Balaban J connectivity index is 1.46. The van der Waals surface area contributed by atoms with Crippen molar-refractivity contribution in [2.45, 2.75) is 13.5 Å². The highest BCUT2D eigenvalue weighted by atomic mass is 16.5. The average molecular weight is 417 g/mol. The van der Waals surface area contributed by atoms with Gasteiger partial charge >= 0.3 is 11.8 Å². The van der Waals surface area contributed by atoms with Gasteiger partial charge in [-0.3, -0.25) is 9.59 Å². The number of carbonyl (C=O) groups is 2. The summed E-state index contributed by atoms with van der Waals surface area (Å²) in [7, 11) is 1.55. The van der Waals surface area contributed by atoms with Gasteiger partial charge in [0.15, 0.2) is 0 Å². The first-order valence-corrected chi connectivity index (χ1v) is 9.60. The third-order valence-electron chi connectivity index (χ3n) is 4.30. The fraction of sp³-hybridized carbons (Fsp3) is 0.125. The second-order valence-corrected chi connectivity index (χ2v) is 6.73. The number of ether oxygens (including phenoxy) is 2. The van der Waals surface area contributed by atoms with Crippen LogP contribution in [0.15, 0.2) is 77.9 Å². The number of carbonyl (C=O) groups excluding carboxylic acids is 2. The first-order chi connectivity index (χ1) is 15.0. The van der Waals surface area contributed by atoms with E-state index in [-0.39, 0.29) is 0 Å². The van der Waals surface area contributed by atoms with Crippen LogP contribution in [0.2, 0.25) is 0 Å². The molecule has 0 saturated heterocycles. The summed E-state index contributed by atoms with van der Waals surface area (Å²) in [6.07, 6.45) is 1.45. The normalized spacial score (nSPS) is 10.5. The Bertz CT molecular complexity index is 1060. The number of methoxy groups -OCH3 is 1. The van der Waals surface area contributed by atoms with Gasteiger partial charge in [0.05, 0.1) is 13.3 Å². The molecule has 0 aromatic heterocycles. The third-order valence-corrected chi connectivity index (χ3v) is 4.30. The molecule has 3 aromatic rings. The van der Waals surface area contributed by atoms with E-state index in [2.05, 4.69) is 21.9 Å². The van der Waals surface area contributed by atoms with E-state index in [1.54, 1.807) is 43.5 Å². The highest BCUT2D eigenvalue weighted by molar-refractivity contribution is 6.39. The van der Waals surface area contributed by atoms with Gasteiger partial charge in [-0.1, -0.05) is 29.8 Å². The summed E-state index contributed by atoms with van der Waals surface area (Å²) in [5.41, 5.74) is 5.72. The van der Waals surface area contributed by atoms with Crippen LogP contribution in [0, 0.1) is 6.92 Å². The van der Waals surface area contributed by atoms with Gasteiger partial charge in [-0.2, -0.15) is 5.10 Å². The van der Waals surface area contributed by atoms with Gasteiger partial charge in [-0.15, -0.1) is 0 Å².